The molecule has 0 unspecified atom stereocenters. The second kappa shape index (κ2) is 2.96. The van der Waals surface area contributed by atoms with Crippen molar-refractivity contribution in [2.24, 2.45) is 10.7 Å². The van der Waals surface area contributed by atoms with Gasteiger partial charge in [-0.05, 0) is 13.6 Å². The van der Waals surface area contributed by atoms with Crippen LogP contribution in [0.5, 0.6) is 0 Å². The van der Waals surface area contributed by atoms with Gasteiger partial charge >= 0.3 is 0 Å². The van der Waals surface area contributed by atoms with Crippen molar-refractivity contribution >= 4 is 12.6 Å². The summed E-state index contributed by atoms with van der Waals surface area (Å²) < 4.78 is 0. The number of aliphatic imine (C=N–C) groups is 1. The molecule has 8 heavy (non-hydrogen) atoms. The summed E-state index contributed by atoms with van der Waals surface area (Å²) in [6.45, 7) is 4.91. The van der Waals surface area contributed by atoms with Crippen LogP contribution in [0.1, 0.15) is 6.92 Å². The topological polar surface area (TPSA) is 62.2 Å². The summed E-state index contributed by atoms with van der Waals surface area (Å²) in [5.74, 6) is 0.0393. The zero-order chi connectivity index (χ0) is 6.57. The number of hydrogen-bond acceptors (Lipinski definition) is 2. The van der Waals surface area contributed by atoms with Crippen LogP contribution in [0.15, 0.2) is 16.8 Å². The number of nitrogens with zero attached hydrogens (tertiary/aromatic N) is 1. The molecule has 0 aliphatic carbocycles. The third-order valence-electron chi connectivity index (χ3n) is 0.710. The number of hydrogen-bond donors (Lipinski definition) is 2. The van der Waals surface area contributed by atoms with Gasteiger partial charge in [0.1, 0.15) is 5.84 Å². The van der Waals surface area contributed by atoms with E-state index < -0.39 is 0 Å². The number of nitrogens with two attached hydrogens (primary N) is 1. The highest BCUT2D eigenvalue weighted by atomic mass is 14.7. The van der Waals surface area contributed by atoms with Crippen LogP contribution in [-0.2, 0) is 0 Å². The quantitative estimate of drug-likeness (QED) is 0.396. The molecule has 0 atom stereocenters. The fourth-order valence-electron chi connectivity index (χ4n) is 0.206. The van der Waals surface area contributed by atoms with Gasteiger partial charge in [0.05, 0.1) is 0 Å². The second-order valence-electron chi connectivity index (χ2n) is 1.41. The van der Waals surface area contributed by atoms with Gasteiger partial charge in [0.25, 0.3) is 0 Å². The first-order chi connectivity index (χ1) is 3.68. The van der Waals surface area contributed by atoms with Crippen LogP contribution >= 0.6 is 0 Å². The Labute approximate surface area is 48.4 Å². The van der Waals surface area contributed by atoms with E-state index in [2.05, 4.69) is 11.7 Å². The molecule has 3 N–H and O–H groups in total. The largest absolute Gasteiger partial charge is 0.384 e. The van der Waals surface area contributed by atoms with Crippen molar-refractivity contribution in [3.05, 3.63) is 11.8 Å². The first kappa shape index (κ1) is 6.88. The Morgan fingerprint density at radius 2 is 2.38 bits per heavy atom. The first-order valence-electron chi connectivity index (χ1n) is 2.15. The third-order valence-corrected chi connectivity index (χ3v) is 0.710. The minimum Gasteiger partial charge on any atom is -0.384 e. The second-order valence-corrected chi connectivity index (χ2v) is 1.41. The third kappa shape index (κ3) is 2.12. The van der Waals surface area contributed by atoms with Gasteiger partial charge < -0.3 is 5.73 Å². The smallest absolute Gasteiger partial charge is 0.119 e. The van der Waals surface area contributed by atoms with Gasteiger partial charge in [-0.2, -0.15) is 0 Å². The molecule has 0 spiro atoms. The van der Waals surface area contributed by atoms with Crippen LogP contribution in [0.25, 0.3) is 0 Å². The molecule has 0 saturated carbocycles. The predicted octanol–water partition coefficient (Wildman–Crippen LogP) is 0.527. The standard InChI is InChI=1S/C5H9N3/c1-4(3-8-2)5(6)7/h3H,2H2,1H3,(H3,6,7)/b4-3+. The van der Waals surface area contributed by atoms with Gasteiger partial charge in [0, 0.05) is 11.8 Å². The molecule has 0 aromatic rings. The maximum Gasteiger partial charge on any atom is 0.119 e. The molecule has 0 fully saturated rings. The van der Waals surface area contributed by atoms with E-state index in [1.54, 1.807) is 6.92 Å². The number of rotatable bonds is 2. The SMILES string of the molecule is C=N/C=C(\C)C(=N)N. The molecule has 0 rings (SSSR count). The van der Waals surface area contributed by atoms with Crippen LogP contribution in [-0.4, -0.2) is 12.6 Å². The molecule has 0 aliphatic heterocycles. The Hall–Kier alpha value is -1.12. The van der Waals surface area contributed by atoms with Gasteiger partial charge in [0.15, 0.2) is 0 Å². The number of amidine groups is 1. The fraction of sp³-hybridized carbons (Fsp3) is 0.200. The zero-order valence-electron chi connectivity index (χ0n) is 4.81. The van der Waals surface area contributed by atoms with Crippen molar-refractivity contribution in [2.45, 2.75) is 6.92 Å². The van der Waals surface area contributed by atoms with E-state index in [0.717, 1.165) is 0 Å². The molecule has 3 nitrogen and oxygen atoms in total. The summed E-state index contributed by atoms with van der Waals surface area (Å²) in [5.41, 5.74) is 5.69. The fourth-order valence-corrected chi connectivity index (χ4v) is 0.206. The summed E-state index contributed by atoms with van der Waals surface area (Å²) >= 11 is 0. The summed E-state index contributed by atoms with van der Waals surface area (Å²) in [5, 5.41) is 6.83. The van der Waals surface area contributed by atoms with Crippen LogP contribution in [0.2, 0.25) is 0 Å². The summed E-state index contributed by atoms with van der Waals surface area (Å²) in [6.07, 6.45) is 1.45. The summed E-state index contributed by atoms with van der Waals surface area (Å²) in [6, 6.07) is 0. The van der Waals surface area contributed by atoms with E-state index in [4.69, 9.17) is 11.1 Å². The van der Waals surface area contributed by atoms with Crippen LogP contribution in [0.4, 0.5) is 0 Å². The van der Waals surface area contributed by atoms with E-state index in [0.29, 0.717) is 5.57 Å². The lowest BCUT2D eigenvalue weighted by Gasteiger charge is -1.90. The lowest BCUT2D eigenvalue weighted by molar-refractivity contribution is 1.37. The van der Waals surface area contributed by atoms with E-state index in [-0.39, 0.29) is 5.84 Å². The van der Waals surface area contributed by atoms with E-state index in [1.807, 2.05) is 0 Å². The average Bonchev–Trinajstić information content (AvgIpc) is 1.67. The van der Waals surface area contributed by atoms with Gasteiger partial charge in [-0.15, -0.1) is 0 Å². The van der Waals surface area contributed by atoms with Crippen molar-refractivity contribution in [2.75, 3.05) is 0 Å². The van der Waals surface area contributed by atoms with Crippen molar-refractivity contribution in [3.8, 4) is 0 Å². The molecule has 0 aliphatic rings. The van der Waals surface area contributed by atoms with Gasteiger partial charge in [-0.1, -0.05) is 0 Å². The van der Waals surface area contributed by atoms with Crippen molar-refractivity contribution in [1.82, 2.24) is 0 Å². The van der Waals surface area contributed by atoms with Crippen LogP contribution in [0, 0.1) is 5.41 Å². The highest BCUT2D eigenvalue weighted by molar-refractivity contribution is 5.93. The van der Waals surface area contributed by atoms with Crippen molar-refractivity contribution in [3.63, 3.8) is 0 Å². The Bertz CT molecular complexity index is 135. The molecule has 0 amide bonds. The molecule has 0 bridgehead atoms. The van der Waals surface area contributed by atoms with E-state index in [1.165, 1.54) is 6.20 Å². The normalized spacial score (nSPS) is 10.9. The average molecular weight is 111 g/mol. The molecule has 44 valence electrons. The molecule has 0 aromatic carbocycles. The zero-order valence-corrected chi connectivity index (χ0v) is 4.81. The first-order valence-corrected chi connectivity index (χ1v) is 2.15. The predicted molar refractivity (Wildman–Crippen MR) is 35.2 cm³/mol. The Balaban J connectivity index is 3.99. The van der Waals surface area contributed by atoms with Gasteiger partial charge in [-0.3, -0.25) is 10.4 Å². The Morgan fingerprint density at radius 3 is 2.50 bits per heavy atom. The Morgan fingerprint density at radius 1 is 1.88 bits per heavy atom. The molecule has 0 saturated heterocycles. The molecular formula is C5H9N3. The van der Waals surface area contributed by atoms with Crippen LogP contribution < -0.4 is 5.73 Å². The van der Waals surface area contributed by atoms with Crippen molar-refractivity contribution in [1.29, 1.82) is 5.41 Å². The molecule has 0 radical (unpaired) electrons. The Kier molecular flexibility index (Phi) is 2.54. The summed E-state index contributed by atoms with van der Waals surface area (Å²) in [4.78, 5) is 3.42. The molecule has 3 heteroatoms. The van der Waals surface area contributed by atoms with Gasteiger partial charge in [-0.25, -0.2) is 0 Å². The van der Waals surface area contributed by atoms with E-state index in [9.17, 15) is 0 Å². The molecule has 0 aromatic heterocycles. The van der Waals surface area contributed by atoms with E-state index >= 15 is 0 Å². The van der Waals surface area contributed by atoms with Crippen LogP contribution in [0.3, 0.4) is 0 Å². The monoisotopic (exact) mass is 111 g/mol. The van der Waals surface area contributed by atoms with Crippen molar-refractivity contribution < 1.29 is 0 Å². The summed E-state index contributed by atoms with van der Waals surface area (Å²) in [7, 11) is 0. The van der Waals surface area contributed by atoms with Gasteiger partial charge in [0.2, 0.25) is 0 Å². The number of nitrogens with one attached hydrogen (secondary N) is 1. The molecular weight excluding hydrogens is 102 g/mol. The minimum absolute atomic E-state index is 0.0393. The highest BCUT2D eigenvalue weighted by Gasteiger charge is 1.87. The molecule has 0 heterocycles. The maximum absolute atomic E-state index is 6.83. The lowest BCUT2D eigenvalue weighted by Crippen LogP contribution is -2.09. The lowest BCUT2D eigenvalue weighted by atomic mass is 10.3. The highest BCUT2D eigenvalue weighted by Crippen LogP contribution is 1.88. The minimum atomic E-state index is 0.0393. The maximum atomic E-state index is 6.83.